The highest BCUT2D eigenvalue weighted by atomic mass is 15.0. The predicted octanol–water partition coefficient (Wildman–Crippen LogP) is 3.48. The van der Waals surface area contributed by atoms with Crippen molar-refractivity contribution in [2.24, 2.45) is 22.2 Å². The van der Waals surface area contributed by atoms with Crippen molar-refractivity contribution in [1.29, 1.82) is 5.26 Å². The molecule has 3 unspecified atom stereocenters. The summed E-state index contributed by atoms with van der Waals surface area (Å²) in [5.74, 6) is 0.908. The Balaban J connectivity index is 1.68. The lowest BCUT2D eigenvalue weighted by Crippen LogP contribution is -2.51. The van der Waals surface area contributed by atoms with Crippen molar-refractivity contribution < 1.29 is 0 Å². The van der Waals surface area contributed by atoms with E-state index in [1.807, 2.05) is 0 Å². The van der Waals surface area contributed by atoms with Crippen LogP contribution in [0.1, 0.15) is 59.3 Å². The maximum absolute atomic E-state index is 8.91. The highest BCUT2D eigenvalue weighted by molar-refractivity contribution is 5.13. The van der Waals surface area contributed by atoms with Gasteiger partial charge in [-0.05, 0) is 54.3 Å². The van der Waals surface area contributed by atoms with E-state index in [4.69, 9.17) is 5.26 Å². The van der Waals surface area contributed by atoms with E-state index in [-0.39, 0.29) is 0 Å². The van der Waals surface area contributed by atoms with Crippen LogP contribution in [0.3, 0.4) is 0 Å². The van der Waals surface area contributed by atoms with E-state index < -0.39 is 0 Å². The average Bonchev–Trinajstić information content (AvgIpc) is 2.87. The Hall–Kier alpha value is -0.550. The Kier molecular flexibility index (Phi) is 2.59. The van der Waals surface area contributed by atoms with Crippen molar-refractivity contribution in [3.8, 4) is 6.07 Å². The van der Waals surface area contributed by atoms with Crippen molar-refractivity contribution in [2.45, 2.75) is 65.3 Å². The van der Waals surface area contributed by atoms with E-state index in [1.165, 1.54) is 32.1 Å². The van der Waals surface area contributed by atoms with Crippen LogP contribution in [0.15, 0.2) is 0 Å². The maximum Gasteiger partial charge on any atom is 0.0628 e. The number of rotatable bonds is 4. The lowest BCUT2D eigenvalue weighted by atomic mass is 9.68. The summed E-state index contributed by atoms with van der Waals surface area (Å²) in [6.45, 7) is 8.44. The summed E-state index contributed by atoms with van der Waals surface area (Å²) in [5, 5.41) is 12.8. The van der Waals surface area contributed by atoms with Gasteiger partial charge in [0.25, 0.3) is 0 Å². The van der Waals surface area contributed by atoms with Crippen LogP contribution >= 0.6 is 0 Å². The molecule has 1 N–H and O–H groups in total. The van der Waals surface area contributed by atoms with Gasteiger partial charge in [-0.3, -0.25) is 0 Å². The van der Waals surface area contributed by atoms with Gasteiger partial charge in [0.1, 0.15) is 0 Å². The molecule has 3 aliphatic carbocycles. The van der Waals surface area contributed by atoms with Gasteiger partial charge in [-0.1, -0.05) is 20.8 Å². The molecule has 0 saturated heterocycles. The lowest BCUT2D eigenvalue weighted by Gasteiger charge is -2.44. The van der Waals surface area contributed by atoms with Crippen molar-refractivity contribution in [3.63, 3.8) is 0 Å². The first kappa shape index (κ1) is 12.5. The van der Waals surface area contributed by atoms with E-state index >= 15 is 0 Å². The van der Waals surface area contributed by atoms with Gasteiger partial charge in [0.2, 0.25) is 0 Å². The Morgan fingerprint density at radius 2 is 1.94 bits per heavy atom. The van der Waals surface area contributed by atoms with Crippen LogP contribution in [0.2, 0.25) is 0 Å². The van der Waals surface area contributed by atoms with E-state index in [0.29, 0.717) is 22.3 Å². The second kappa shape index (κ2) is 3.73. The minimum Gasteiger partial charge on any atom is -0.312 e. The molecule has 0 aromatic carbocycles. The molecule has 3 atom stereocenters. The zero-order valence-corrected chi connectivity index (χ0v) is 12.1. The molecule has 100 valence electrons. The Labute approximate surface area is 111 Å². The third-order valence-electron chi connectivity index (χ3n) is 6.36. The Morgan fingerprint density at radius 3 is 2.44 bits per heavy atom. The minimum atomic E-state index is 0.336. The molecule has 0 radical (unpaired) electrons. The second-order valence-corrected chi connectivity index (χ2v) is 8.06. The molecule has 3 fully saturated rings. The van der Waals surface area contributed by atoms with Gasteiger partial charge < -0.3 is 5.32 Å². The monoisotopic (exact) mass is 246 g/mol. The smallest absolute Gasteiger partial charge is 0.0628 e. The molecule has 0 aliphatic heterocycles. The van der Waals surface area contributed by atoms with Gasteiger partial charge in [0.15, 0.2) is 0 Å². The molecule has 0 amide bonds. The van der Waals surface area contributed by atoms with Crippen LogP contribution in [-0.2, 0) is 0 Å². The quantitative estimate of drug-likeness (QED) is 0.824. The van der Waals surface area contributed by atoms with E-state index in [0.717, 1.165) is 18.9 Å². The van der Waals surface area contributed by atoms with Crippen LogP contribution in [0.4, 0.5) is 0 Å². The number of hydrogen-bond donors (Lipinski definition) is 1. The molecular formula is C16H26N2. The molecule has 2 bridgehead atoms. The summed E-state index contributed by atoms with van der Waals surface area (Å²) in [6.07, 6.45) is 7.47. The number of nitrogens with zero attached hydrogens (tertiary/aromatic N) is 1. The largest absolute Gasteiger partial charge is 0.312 e. The fourth-order valence-corrected chi connectivity index (χ4v) is 4.89. The van der Waals surface area contributed by atoms with E-state index in [2.05, 4.69) is 32.2 Å². The molecule has 2 heteroatoms. The van der Waals surface area contributed by atoms with Gasteiger partial charge in [-0.15, -0.1) is 0 Å². The van der Waals surface area contributed by atoms with Crippen molar-refractivity contribution in [3.05, 3.63) is 0 Å². The van der Waals surface area contributed by atoms with Crippen LogP contribution in [0.5, 0.6) is 0 Å². The van der Waals surface area contributed by atoms with Crippen LogP contribution in [0.25, 0.3) is 0 Å². The zero-order valence-electron chi connectivity index (χ0n) is 12.1. The van der Waals surface area contributed by atoms with Gasteiger partial charge in [0.05, 0.1) is 6.07 Å². The Bertz CT molecular complexity index is 384. The predicted molar refractivity (Wildman–Crippen MR) is 72.9 cm³/mol. The number of nitrogens with one attached hydrogen (secondary N) is 1. The van der Waals surface area contributed by atoms with Gasteiger partial charge in [0, 0.05) is 19.0 Å². The summed E-state index contributed by atoms with van der Waals surface area (Å²) in [5.41, 5.74) is 1.29. The van der Waals surface area contributed by atoms with Gasteiger partial charge in [-0.2, -0.15) is 5.26 Å². The lowest BCUT2D eigenvalue weighted by molar-refractivity contribution is 0.104. The molecule has 0 aromatic heterocycles. The zero-order chi connectivity index (χ0) is 13.0. The van der Waals surface area contributed by atoms with E-state index in [9.17, 15) is 0 Å². The fourth-order valence-electron chi connectivity index (χ4n) is 4.89. The first-order chi connectivity index (χ1) is 8.42. The summed E-state index contributed by atoms with van der Waals surface area (Å²) in [6, 6.07) is 3.02. The number of hydrogen-bond acceptors (Lipinski definition) is 2. The highest BCUT2D eigenvalue weighted by Gasteiger charge is 2.59. The fraction of sp³-hybridized carbons (Fsp3) is 0.938. The third kappa shape index (κ3) is 1.71. The van der Waals surface area contributed by atoms with Crippen molar-refractivity contribution >= 4 is 0 Å². The molecule has 18 heavy (non-hydrogen) atoms. The summed E-state index contributed by atoms with van der Waals surface area (Å²) in [7, 11) is 0. The first-order valence-electron chi connectivity index (χ1n) is 7.52. The van der Waals surface area contributed by atoms with Crippen molar-refractivity contribution in [2.75, 3.05) is 6.54 Å². The topological polar surface area (TPSA) is 35.8 Å². The molecule has 0 heterocycles. The average molecular weight is 246 g/mol. The van der Waals surface area contributed by atoms with Crippen LogP contribution in [0, 0.1) is 33.5 Å². The molecular weight excluding hydrogens is 220 g/mol. The Morgan fingerprint density at radius 1 is 1.22 bits per heavy atom. The van der Waals surface area contributed by atoms with Crippen molar-refractivity contribution in [1.82, 2.24) is 5.32 Å². The SMILES string of the molecule is CC12CCC(C1)C(C)(C)C2NCC1(CC#N)CC1. The molecule has 3 rings (SSSR count). The van der Waals surface area contributed by atoms with E-state index in [1.54, 1.807) is 0 Å². The molecule has 0 spiro atoms. The molecule has 3 saturated carbocycles. The normalized spacial score (nSPS) is 42.8. The molecule has 3 aliphatic rings. The second-order valence-electron chi connectivity index (χ2n) is 8.06. The maximum atomic E-state index is 8.91. The summed E-state index contributed by atoms with van der Waals surface area (Å²) < 4.78 is 0. The summed E-state index contributed by atoms with van der Waals surface area (Å²) >= 11 is 0. The standard InChI is InChI=1S/C16H26N2/c1-14(2)12-4-5-15(3,10-12)13(14)18-11-16(6-7-16)8-9-17/h12-13,18H,4-8,10-11H2,1-3H3. The molecule has 2 nitrogen and oxygen atoms in total. The van der Waals surface area contributed by atoms with Gasteiger partial charge >= 0.3 is 0 Å². The van der Waals surface area contributed by atoms with Gasteiger partial charge in [-0.25, -0.2) is 0 Å². The molecule has 0 aromatic rings. The summed E-state index contributed by atoms with van der Waals surface area (Å²) in [4.78, 5) is 0. The minimum absolute atomic E-state index is 0.336. The number of fused-ring (bicyclic) bond motifs is 2. The van der Waals surface area contributed by atoms with Crippen LogP contribution < -0.4 is 5.32 Å². The highest BCUT2D eigenvalue weighted by Crippen LogP contribution is 2.62. The third-order valence-corrected chi connectivity index (χ3v) is 6.36. The number of nitriles is 1. The first-order valence-corrected chi connectivity index (χ1v) is 7.52. The van der Waals surface area contributed by atoms with Crippen LogP contribution in [-0.4, -0.2) is 12.6 Å².